The largest absolute Gasteiger partial charge is 0.481 e. The van der Waals surface area contributed by atoms with Gasteiger partial charge in [0.1, 0.15) is 0 Å². The first-order chi connectivity index (χ1) is 15.3. The standard InChI is InChI=1S/C26H34O4.C2H2.CH4/c1-26(2,21-12-6-9-16-22-14-7-5-8-15-22)20-11-4-3-10-17-23(27)24(28)18-13-19-25(29)30;1-2;/h3-5,7-8,10-11,14-15,17,20,23-24,27-28H,9,13,16,18-19,21H2,1-2H3,(H,29,30);1-2H;1H4/b4-3+,17-10+,20-11-;;/t23-,24+;;/m1../s1. The molecule has 3 N–H and O–H groups in total. The van der Waals surface area contributed by atoms with Crippen molar-refractivity contribution in [1.29, 1.82) is 0 Å². The van der Waals surface area contributed by atoms with Gasteiger partial charge in [-0.1, -0.05) is 88.1 Å². The van der Waals surface area contributed by atoms with Crippen LogP contribution in [0, 0.1) is 30.1 Å². The van der Waals surface area contributed by atoms with E-state index in [2.05, 4.69) is 56.7 Å². The van der Waals surface area contributed by atoms with E-state index in [-0.39, 0.29) is 25.7 Å². The average Bonchev–Trinajstić information content (AvgIpc) is 2.77. The van der Waals surface area contributed by atoms with Crippen LogP contribution in [0.3, 0.4) is 0 Å². The Morgan fingerprint density at radius 1 is 1.06 bits per heavy atom. The van der Waals surface area contributed by atoms with Gasteiger partial charge in [0.05, 0.1) is 12.2 Å². The number of terminal acetylenes is 1. The van der Waals surface area contributed by atoms with Gasteiger partial charge in [-0.3, -0.25) is 4.79 Å². The van der Waals surface area contributed by atoms with Crippen molar-refractivity contribution in [2.45, 2.75) is 72.0 Å². The molecule has 0 aliphatic carbocycles. The Balaban J connectivity index is 0. The molecule has 0 bridgehead atoms. The second-order valence-corrected chi connectivity index (χ2v) is 7.98. The van der Waals surface area contributed by atoms with Crippen molar-refractivity contribution >= 4 is 5.97 Å². The van der Waals surface area contributed by atoms with Crippen LogP contribution in [0.1, 0.15) is 58.9 Å². The van der Waals surface area contributed by atoms with Gasteiger partial charge in [-0.2, -0.15) is 0 Å². The Labute approximate surface area is 200 Å². The number of hydrogen-bond donors (Lipinski definition) is 3. The highest BCUT2D eigenvalue weighted by molar-refractivity contribution is 5.66. The number of hydrogen-bond acceptors (Lipinski definition) is 3. The minimum Gasteiger partial charge on any atom is -0.481 e. The molecule has 0 amide bonds. The minimum atomic E-state index is -1.00. The lowest BCUT2D eigenvalue weighted by molar-refractivity contribution is -0.137. The normalized spacial score (nSPS) is 12.9. The SMILES string of the molecule is C.C#C.CC(C)(\C=C/C=C/C=C/[C@@H](O)[C@@H](O)CCCC(=O)O)CC#CCCc1ccccc1. The summed E-state index contributed by atoms with van der Waals surface area (Å²) in [6.07, 6.45) is 20.1. The van der Waals surface area contributed by atoms with Crippen molar-refractivity contribution in [2.24, 2.45) is 5.41 Å². The first kappa shape index (κ1) is 32.1. The second-order valence-electron chi connectivity index (χ2n) is 7.98. The van der Waals surface area contributed by atoms with Gasteiger partial charge in [0.2, 0.25) is 0 Å². The summed E-state index contributed by atoms with van der Waals surface area (Å²) in [5, 5.41) is 28.2. The van der Waals surface area contributed by atoms with E-state index in [0.717, 1.165) is 19.3 Å². The smallest absolute Gasteiger partial charge is 0.303 e. The van der Waals surface area contributed by atoms with Crippen LogP contribution >= 0.6 is 0 Å². The number of carbonyl (C=O) groups is 1. The van der Waals surface area contributed by atoms with Crippen LogP contribution in [0.15, 0.2) is 66.8 Å². The number of carboxylic acid groups (broad SMARTS) is 1. The quantitative estimate of drug-likeness (QED) is 0.286. The summed E-state index contributed by atoms with van der Waals surface area (Å²) >= 11 is 0. The summed E-state index contributed by atoms with van der Waals surface area (Å²) in [7, 11) is 0. The van der Waals surface area contributed by atoms with E-state index in [9.17, 15) is 15.0 Å². The number of aliphatic carboxylic acids is 1. The van der Waals surface area contributed by atoms with Crippen molar-refractivity contribution in [3.8, 4) is 24.7 Å². The zero-order valence-electron chi connectivity index (χ0n) is 19.2. The monoisotopic (exact) mass is 452 g/mol. The molecule has 0 unspecified atom stereocenters. The number of carboxylic acids is 1. The topological polar surface area (TPSA) is 77.8 Å². The predicted molar refractivity (Wildman–Crippen MR) is 138 cm³/mol. The molecule has 0 aliphatic heterocycles. The van der Waals surface area contributed by atoms with E-state index in [1.54, 1.807) is 12.2 Å². The molecule has 0 spiro atoms. The lowest BCUT2D eigenvalue weighted by Crippen LogP contribution is -2.23. The fourth-order valence-corrected chi connectivity index (χ4v) is 2.67. The summed E-state index contributed by atoms with van der Waals surface area (Å²) in [5.41, 5.74) is 1.27. The second kappa shape index (κ2) is 19.6. The molecule has 0 heterocycles. The highest BCUT2D eigenvalue weighted by Gasteiger charge is 2.13. The van der Waals surface area contributed by atoms with Crippen LogP contribution in [0.4, 0.5) is 0 Å². The van der Waals surface area contributed by atoms with Gasteiger partial charge in [0.15, 0.2) is 0 Å². The van der Waals surface area contributed by atoms with Gasteiger partial charge >= 0.3 is 5.97 Å². The van der Waals surface area contributed by atoms with E-state index >= 15 is 0 Å². The van der Waals surface area contributed by atoms with E-state index in [0.29, 0.717) is 6.42 Å². The van der Waals surface area contributed by atoms with Gasteiger partial charge in [-0.25, -0.2) is 0 Å². The molecule has 1 aromatic rings. The Bertz CT molecular complexity index is 804. The molecule has 4 heteroatoms. The molecule has 2 atom stereocenters. The molecule has 0 fully saturated rings. The summed E-state index contributed by atoms with van der Waals surface area (Å²) in [6.45, 7) is 4.27. The summed E-state index contributed by atoms with van der Waals surface area (Å²) in [4.78, 5) is 10.5. The number of benzene rings is 1. The third-order valence-electron chi connectivity index (χ3n) is 4.52. The molecule has 0 radical (unpaired) electrons. The Morgan fingerprint density at radius 3 is 2.33 bits per heavy atom. The highest BCUT2D eigenvalue weighted by atomic mass is 16.4. The van der Waals surface area contributed by atoms with Crippen molar-refractivity contribution in [3.05, 3.63) is 72.4 Å². The predicted octanol–water partition coefficient (Wildman–Crippen LogP) is 5.57. The van der Waals surface area contributed by atoms with Crippen molar-refractivity contribution < 1.29 is 20.1 Å². The molecular weight excluding hydrogens is 412 g/mol. The third kappa shape index (κ3) is 18.2. The molecule has 0 saturated carbocycles. The van der Waals surface area contributed by atoms with E-state index in [1.807, 2.05) is 30.4 Å². The third-order valence-corrected chi connectivity index (χ3v) is 4.52. The fraction of sp³-hybridized carbons (Fsp3) is 0.414. The molecule has 0 aromatic heterocycles. The molecule has 4 nitrogen and oxygen atoms in total. The van der Waals surface area contributed by atoms with Crippen LogP contribution in [0.25, 0.3) is 0 Å². The van der Waals surface area contributed by atoms with Crippen LogP contribution in [0.2, 0.25) is 0 Å². The number of rotatable bonds is 12. The number of aliphatic hydroxyl groups excluding tert-OH is 2. The Kier molecular flexibility index (Phi) is 19.1. The summed E-state index contributed by atoms with van der Waals surface area (Å²) in [6, 6.07) is 10.4. The number of allylic oxidation sites excluding steroid dienone is 5. The Morgan fingerprint density at radius 2 is 1.70 bits per heavy atom. The highest BCUT2D eigenvalue weighted by Crippen LogP contribution is 2.21. The molecule has 0 aliphatic rings. The maximum atomic E-state index is 10.5. The first-order valence-electron chi connectivity index (χ1n) is 10.7. The van der Waals surface area contributed by atoms with Crippen molar-refractivity contribution in [2.75, 3.05) is 0 Å². The van der Waals surface area contributed by atoms with Crippen molar-refractivity contribution in [1.82, 2.24) is 0 Å². The maximum absolute atomic E-state index is 10.5. The van der Waals surface area contributed by atoms with Crippen LogP contribution in [-0.2, 0) is 11.2 Å². The molecule has 1 rings (SSSR count). The van der Waals surface area contributed by atoms with Crippen LogP contribution < -0.4 is 0 Å². The lowest BCUT2D eigenvalue weighted by Gasteiger charge is -2.15. The van der Waals surface area contributed by atoms with Gasteiger partial charge in [0.25, 0.3) is 0 Å². The van der Waals surface area contributed by atoms with Crippen LogP contribution in [-0.4, -0.2) is 33.5 Å². The molecule has 33 heavy (non-hydrogen) atoms. The fourth-order valence-electron chi connectivity index (χ4n) is 2.67. The van der Waals surface area contributed by atoms with E-state index in [1.165, 1.54) is 11.6 Å². The van der Waals surface area contributed by atoms with Gasteiger partial charge in [-0.15, -0.1) is 24.7 Å². The van der Waals surface area contributed by atoms with Gasteiger partial charge < -0.3 is 15.3 Å². The molecule has 180 valence electrons. The zero-order chi connectivity index (χ0) is 24.2. The van der Waals surface area contributed by atoms with E-state index in [4.69, 9.17) is 5.11 Å². The summed E-state index contributed by atoms with van der Waals surface area (Å²) in [5.74, 6) is 5.61. The number of aryl methyl sites for hydroxylation is 1. The average molecular weight is 453 g/mol. The molecule has 0 saturated heterocycles. The molecule has 1 aromatic carbocycles. The van der Waals surface area contributed by atoms with Crippen molar-refractivity contribution in [3.63, 3.8) is 0 Å². The van der Waals surface area contributed by atoms with Crippen LogP contribution in [0.5, 0.6) is 0 Å². The first-order valence-corrected chi connectivity index (χ1v) is 10.7. The maximum Gasteiger partial charge on any atom is 0.303 e. The van der Waals surface area contributed by atoms with Gasteiger partial charge in [0, 0.05) is 19.3 Å². The minimum absolute atomic E-state index is 0. The van der Waals surface area contributed by atoms with E-state index < -0.39 is 18.2 Å². The lowest BCUT2D eigenvalue weighted by atomic mass is 9.89. The zero-order valence-corrected chi connectivity index (χ0v) is 19.2. The molecular formula is C29H40O4. The van der Waals surface area contributed by atoms with Gasteiger partial charge in [-0.05, 0) is 30.2 Å². The summed E-state index contributed by atoms with van der Waals surface area (Å²) < 4.78 is 0. The Hall–Kier alpha value is -3.05. The number of aliphatic hydroxyl groups is 2.